The van der Waals surface area contributed by atoms with Crippen LogP contribution in [0.2, 0.25) is 0 Å². The van der Waals surface area contributed by atoms with Crippen LogP contribution in [-0.4, -0.2) is 47.3 Å². The van der Waals surface area contributed by atoms with Gasteiger partial charge in [0.2, 0.25) is 5.82 Å². The van der Waals surface area contributed by atoms with Gasteiger partial charge in [-0.05, 0) is 79.2 Å². The lowest BCUT2D eigenvalue weighted by molar-refractivity contribution is -0.141. The van der Waals surface area contributed by atoms with Crippen LogP contribution in [0.3, 0.4) is 0 Å². The lowest BCUT2D eigenvalue weighted by Gasteiger charge is -2.27. The van der Waals surface area contributed by atoms with E-state index in [0.717, 1.165) is 37.0 Å². The smallest absolute Gasteiger partial charge is 0.306 e. The average molecular weight is 810 g/mol. The van der Waals surface area contributed by atoms with Crippen molar-refractivity contribution < 1.29 is 27.8 Å². The number of aliphatic carboxylic acids is 1. The van der Waals surface area contributed by atoms with E-state index in [1.54, 1.807) is 44.9 Å². The number of carboxylic acid groups (broad SMARTS) is 1. The predicted octanol–water partition coefficient (Wildman–Crippen LogP) is 11.2. The van der Waals surface area contributed by atoms with E-state index in [1.807, 2.05) is 26.0 Å². The number of carbonyl (C=O) groups is 1. The Hall–Kier alpha value is -4.36. The van der Waals surface area contributed by atoms with Crippen LogP contribution >= 0.6 is 24.0 Å². The molecule has 0 saturated heterocycles. The molecule has 56 heavy (non-hydrogen) atoms. The maximum atomic E-state index is 15.8. The molecule has 6 rings (SSSR count). The number of carboxylic acids is 1. The van der Waals surface area contributed by atoms with Crippen LogP contribution in [0.4, 0.5) is 13.2 Å². The topological polar surface area (TPSA) is 105 Å². The first kappa shape index (κ1) is 44.4. The summed E-state index contributed by atoms with van der Waals surface area (Å²) in [5, 5.41) is 17.0. The van der Waals surface area contributed by atoms with E-state index in [2.05, 4.69) is 53.3 Å². The van der Waals surface area contributed by atoms with Gasteiger partial charge in [-0.3, -0.25) is 4.79 Å². The van der Waals surface area contributed by atoms with Crippen molar-refractivity contribution in [3.63, 3.8) is 0 Å². The molecule has 0 radical (unpaired) electrons. The Kier molecular flexibility index (Phi) is 16.0. The monoisotopic (exact) mass is 809 g/mol. The number of aryl methyl sites for hydroxylation is 3. The van der Waals surface area contributed by atoms with Crippen molar-refractivity contribution in [3.05, 3.63) is 94.7 Å². The molecule has 4 bridgehead atoms. The molecule has 2 unspecified atom stereocenters. The summed E-state index contributed by atoms with van der Waals surface area (Å²) in [7, 11) is 1.71. The standard InChI is InChI=1S/C29H32F3N5OS2.C12H16O2.C2H6/c1-16(39)34-21-14-40-15-29(2,3)11-6-5-7-22-35-28(37(4)36-22)19-13-17(8-9-20(19)30)38-27-23(21)18-10-12-33-26(18)24(31)25(27)32;1-3-10-5-4-6-11(8-10)7-9(2)12(13)14;1-2/h8-10,12-13,21,33H,5-7,11,14-15H2,1-4H3,(H,34,39);4-6,8-9H,3,7H2,1-2H3,(H,13,14);1-2H3. The molecule has 8 nitrogen and oxygen atoms in total. The number of benzene rings is 3. The van der Waals surface area contributed by atoms with Gasteiger partial charge in [0.05, 0.1) is 28.0 Å². The molecule has 3 N–H and O–H groups in total. The summed E-state index contributed by atoms with van der Waals surface area (Å²) >= 11 is 7.11. The van der Waals surface area contributed by atoms with Gasteiger partial charge in [-0.25, -0.2) is 18.4 Å². The third-order valence-electron chi connectivity index (χ3n) is 9.47. The van der Waals surface area contributed by atoms with Gasteiger partial charge < -0.3 is 20.1 Å². The van der Waals surface area contributed by atoms with Crippen molar-refractivity contribution in [2.75, 3.05) is 11.5 Å². The van der Waals surface area contributed by atoms with Gasteiger partial charge in [-0.1, -0.05) is 84.4 Å². The third-order valence-corrected chi connectivity index (χ3v) is 11.1. The Morgan fingerprint density at radius 3 is 2.55 bits per heavy atom. The summed E-state index contributed by atoms with van der Waals surface area (Å²) in [6.45, 7) is 14.0. The summed E-state index contributed by atoms with van der Waals surface area (Å²) in [4.78, 5) is 18.6. The number of rotatable bonds is 5. The molecule has 1 aliphatic heterocycles. The Morgan fingerprint density at radius 1 is 1.12 bits per heavy atom. The molecule has 0 aliphatic carbocycles. The van der Waals surface area contributed by atoms with E-state index in [1.165, 1.54) is 28.4 Å². The Bertz CT molecular complexity index is 2120. The minimum atomic E-state index is -1.13. The van der Waals surface area contributed by atoms with Crippen LogP contribution in [0, 0.1) is 28.8 Å². The molecular weight excluding hydrogens is 756 g/mol. The number of fused-ring (bicyclic) bond motifs is 8. The normalized spacial score (nSPS) is 16.0. The summed E-state index contributed by atoms with van der Waals surface area (Å²) in [6, 6.07) is 13.4. The first-order chi connectivity index (χ1) is 26.7. The lowest BCUT2D eigenvalue weighted by atomic mass is 9.89. The number of aromatic nitrogens is 4. The first-order valence-electron chi connectivity index (χ1n) is 19.2. The Balaban J connectivity index is 0.000000366. The minimum Gasteiger partial charge on any atom is -0.481 e. The highest BCUT2D eigenvalue weighted by molar-refractivity contribution is 7.99. The predicted molar refractivity (Wildman–Crippen MR) is 225 cm³/mol. The van der Waals surface area contributed by atoms with Crippen molar-refractivity contribution in [1.29, 1.82) is 0 Å². The zero-order valence-electron chi connectivity index (χ0n) is 33.6. The van der Waals surface area contributed by atoms with Gasteiger partial charge in [0.25, 0.3) is 0 Å². The quantitative estimate of drug-likeness (QED) is 0.151. The zero-order chi connectivity index (χ0) is 41.2. The van der Waals surface area contributed by atoms with Crippen LogP contribution in [0.15, 0.2) is 54.7 Å². The molecule has 3 aromatic carbocycles. The van der Waals surface area contributed by atoms with E-state index in [0.29, 0.717) is 46.2 Å². The first-order valence-corrected chi connectivity index (χ1v) is 20.7. The number of nitrogens with one attached hydrogen (secondary N) is 2. The largest absolute Gasteiger partial charge is 0.481 e. The second kappa shape index (κ2) is 20.2. The fourth-order valence-electron chi connectivity index (χ4n) is 6.58. The van der Waals surface area contributed by atoms with E-state index >= 15 is 13.2 Å². The lowest BCUT2D eigenvalue weighted by Crippen LogP contribution is -2.28. The highest BCUT2D eigenvalue weighted by Gasteiger charge is 2.30. The number of nitrogens with zero attached hydrogens (tertiary/aromatic N) is 3. The number of thiocarbonyl (C=S) groups is 1. The minimum absolute atomic E-state index is 0.0487. The highest BCUT2D eigenvalue weighted by atomic mass is 32.2. The summed E-state index contributed by atoms with van der Waals surface area (Å²) < 4.78 is 53.7. The molecule has 0 fully saturated rings. The third kappa shape index (κ3) is 11.4. The van der Waals surface area contributed by atoms with Gasteiger partial charge in [0, 0.05) is 36.4 Å². The van der Waals surface area contributed by atoms with E-state index < -0.39 is 29.5 Å². The number of thioether (sulfide) groups is 1. The maximum absolute atomic E-state index is 15.8. The average Bonchev–Trinajstić information content (AvgIpc) is 3.80. The molecular formula is C43H54F3N5O3S2. The second-order valence-corrected chi connectivity index (χ2v) is 16.3. The number of aromatic amines is 1. The number of halogens is 3. The number of hydrogen-bond donors (Lipinski definition) is 3. The van der Waals surface area contributed by atoms with Crippen molar-refractivity contribution in [3.8, 4) is 22.9 Å². The molecule has 5 aromatic rings. The maximum Gasteiger partial charge on any atom is 0.306 e. The fourth-order valence-corrected chi connectivity index (χ4v) is 8.02. The molecule has 0 amide bonds. The second-order valence-electron chi connectivity index (χ2n) is 14.6. The highest BCUT2D eigenvalue weighted by Crippen LogP contribution is 2.42. The summed E-state index contributed by atoms with van der Waals surface area (Å²) in [5.74, 6) is -1.48. The fraction of sp³-hybridized carbons (Fsp3) is 0.442. The number of H-pyrrole nitrogens is 1. The molecule has 3 heterocycles. The van der Waals surface area contributed by atoms with Gasteiger partial charge >= 0.3 is 5.97 Å². The molecule has 0 spiro atoms. The SMILES string of the molecule is CC.CC(=S)NC1CSCC(C)(C)CCCCc2nc(n(C)n2)-c2cc(ccc2F)Oc2c(F)c(F)c3[nH]ccc3c21.CCc1cccc(CC(C)C(=O)O)c1. The van der Waals surface area contributed by atoms with E-state index in [9.17, 15) is 4.79 Å². The van der Waals surface area contributed by atoms with Crippen molar-refractivity contribution in [2.45, 2.75) is 93.0 Å². The molecule has 302 valence electrons. The molecule has 2 atom stereocenters. The summed E-state index contributed by atoms with van der Waals surface area (Å²) in [6.07, 6.45) is 6.77. The van der Waals surface area contributed by atoms with Crippen molar-refractivity contribution >= 4 is 45.8 Å². The van der Waals surface area contributed by atoms with E-state index in [4.69, 9.17) is 22.1 Å². The Labute approximate surface area is 338 Å². The molecule has 2 aromatic heterocycles. The van der Waals surface area contributed by atoms with Crippen LogP contribution in [0.25, 0.3) is 22.3 Å². The van der Waals surface area contributed by atoms with Gasteiger partial charge in [0.15, 0.2) is 23.2 Å². The summed E-state index contributed by atoms with van der Waals surface area (Å²) in [5.41, 5.74) is 3.07. The van der Waals surface area contributed by atoms with Gasteiger partial charge in [-0.2, -0.15) is 21.3 Å². The molecule has 13 heteroatoms. The van der Waals surface area contributed by atoms with Crippen LogP contribution in [0.5, 0.6) is 11.5 Å². The molecule has 1 aliphatic rings. The number of ether oxygens (including phenoxy) is 1. The van der Waals surface area contributed by atoms with E-state index in [-0.39, 0.29) is 33.9 Å². The van der Waals surface area contributed by atoms with Gasteiger partial charge in [-0.15, -0.1) is 0 Å². The van der Waals surface area contributed by atoms with Crippen molar-refractivity contribution in [2.24, 2.45) is 18.4 Å². The van der Waals surface area contributed by atoms with Crippen LogP contribution in [0.1, 0.15) is 96.3 Å². The Morgan fingerprint density at radius 2 is 1.86 bits per heavy atom. The van der Waals surface area contributed by atoms with Crippen molar-refractivity contribution in [1.82, 2.24) is 25.1 Å². The van der Waals surface area contributed by atoms with Crippen LogP contribution < -0.4 is 10.1 Å². The zero-order valence-corrected chi connectivity index (χ0v) is 35.2. The molecule has 0 saturated carbocycles. The van der Waals surface area contributed by atoms with Gasteiger partial charge in [0.1, 0.15) is 11.6 Å². The van der Waals surface area contributed by atoms with Crippen LogP contribution in [-0.2, 0) is 31.1 Å². The number of hydrogen-bond acceptors (Lipinski definition) is 6.